The molecule has 2 N–H and O–H groups in total. The molecule has 0 saturated heterocycles. The maximum Gasteiger partial charge on any atom is 0.322 e. The number of carbonyl (C=O) groups is 1. The van der Waals surface area contributed by atoms with Gasteiger partial charge in [0.15, 0.2) is 0 Å². The van der Waals surface area contributed by atoms with Crippen LogP contribution in [0.1, 0.15) is 18.1 Å². The fourth-order valence-electron chi connectivity index (χ4n) is 1.39. The summed E-state index contributed by atoms with van der Waals surface area (Å²) in [4.78, 5) is 11.0. The van der Waals surface area contributed by atoms with E-state index in [9.17, 15) is 4.79 Å². The Hall–Kier alpha value is -2.13. The molecule has 1 unspecified atom stereocenters. The van der Waals surface area contributed by atoms with E-state index in [0.29, 0.717) is 6.61 Å². The number of hydrogen-bond donors (Lipinski definition) is 1. The van der Waals surface area contributed by atoms with Gasteiger partial charge in [0.1, 0.15) is 12.6 Å². The summed E-state index contributed by atoms with van der Waals surface area (Å²) in [5, 5.41) is 0. The van der Waals surface area contributed by atoms with Gasteiger partial charge in [0, 0.05) is 0 Å². The number of esters is 1. The highest BCUT2D eigenvalue weighted by Gasteiger charge is 2.07. The second-order valence-corrected chi connectivity index (χ2v) is 4.54. The first-order chi connectivity index (χ1) is 9.59. The molecular formula is C17H21NO2. The lowest BCUT2D eigenvalue weighted by atomic mass is 10.2. The van der Waals surface area contributed by atoms with E-state index in [2.05, 4.69) is 19.1 Å². The Balaban J connectivity index is 0.000000240. The molecule has 0 bridgehead atoms. The molecule has 106 valence electrons. The van der Waals surface area contributed by atoms with Crippen molar-refractivity contribution < 1.29 is 9.53 Å². The number of benzene rings is 2. The van der Waals surface area contributed by atoms with Crippen molar-refractivity contribution in [3.05, 3.63) is 71.8 Å². The van der Waals surface area contributed by atoms with Crippen LogP contribution in [-0.2, 0) is 16.1 Å². The van der Waals surface area contributed by atoms with E-state index < -0.39 is 6.04 Å². The van der Waals surface area contributed by atoms with Gasteiger partial charge in [-0.25, -0.2) is 0 Å². The predicted molar refractivity (Wildman–Crippen MR) is 81.1 cm³/mol. The Labute approximate surface area is 120 Å². The van der Waals surface area contributed by atoms with Crippen LogP contribution in [0.25, 0.3) is 0 Å². The molecule has 2 aromatic carbocycles. The zero-order valence-electron chi connectivity index (χ0n) is 12.0. The Morgan fingerprint density at radius 3 is 1.95 bits per heavy atom. The summed E-state index contributed by atoms with van der Waals surface area (Å²) < 4.78 is 4.93. The van der Waals surface area contributed by atoms with Gasteiger partial charge in [0.25, 0.3) is 0 Å². The summed E-state index contributed by atoms with van der Waals surface area (Å²) in [7, 11) is 0. The van der Waals surface area contributed by atoms with Gasteiger partial charge >= 0.3 is 5.97 Å². The molecule has 0 saturated carbocycles. The third-order valence-corrected chi connectivity index (χ3v) is 2.54. The average molecular weight is 271 g/mol. The molecule has 0 heterocycles. The van der Waals surface area contributed by atoms with Crippen LogP contribution in [0.2, 0.25) is 0 Å². The van der Waals surface area contributed by atoms with Crippen LogP contribution < -0.4 is 5.73 Å². The number of carbonyl (C=O) groups excluding carboxylic acids is 1. The number of ether oxygens (including phenoxy) is 1. The van der Waals surface area contributed by atoms with Gasteiger partial charge in [0.2, 0.25) is 0 Å². The summed E-state index contributed by atoms with van der Waals surface area (Å²) in [6, 6.07) is 19.2. The SMILES string of the molecule is CC(N)C(=O)OCc1ccccc1.Cc1ccccc1. The van der Waals surface area contributed by atoms with Gasteiger partial charge in [-0.05, 0) is 19.4 Å². The van der Waals surface area contributed by atoms with Crippen molar-refractivity contribution in [2.24, 2.45) is 5.73 Å². The first-order valence-corrected chi connectivity index (χ1v) is 6.57. The van der Waals surface area contributed by atoms with Crippen molar-refractivity contribution in [3.63, 3.8) is 0 Å². The quantitative estimate of drug-likeness (QED) is 0.873. The molecule has 0 spiro atoms. The van der Waals surface area contributed by atoms with Crippen LogP contribution in [0.3, 0.4) is 0 Å². The number of rotatable bonds is 3. The van der Waals surface area contributed by atoms with Crippen molar-refractivity contribution in [1.82, 2.24) is 0 Å². The second kappa shape index (κ2) is 8.88. The van der Waals surface area contributed by atoms with E-state index in [1.165, 1.54) is 5.56 Å². The lowest BCUT2D eigenvalue weighted by Crippen LogP contribution is -2.28. The predicted octanol–water partition coefficient (Wildman–Crippen LogP) is 3.07. The average Bonchev–Trinajstić information content (AvgIpc) is 2.47. The Bertz CT molecular complexity index is 495. The largest absolute Gasteiger partial charge is 0.460 e. The zero-order valence-corrected chi connectivity index (χ0v) is 12.0. The fourth-order valence-corrected chi connectivity index (χ4v) is 1.39. The van der Waals surface area contributed by atoms with E-state index in [-0.39, 0.29) is 5.97 Å². The summed E-state index contributed by atoms with van der Waals surface area (Å²) in [5.74, 6) is -0.371. The summed E-state index contributed by atoms with van der Waals surface area (Å²) in [5.41, 5.74) is 7.62. The van der Waals surface area contributed by atoms with Gasteiger partial charge in [0.05, 0.1) is 0 Å². The minimum atomic E-state index is -0.552. The minimum absolute atomic E-state index is 0.293. The van der Waals surface area contributed by atoms with E-state index in [0.717, 1.165) is 5.56 Å². The van der Waals surface area contributed by atoms with Crippen molar-refractivity contribution in [2.45, 2.75) is 26.5 Å². The second-order valence-electron chi connectivity index (χ2n) is 4.54. The maximum absolute atomic E-state index is 11.0. The van der Waals surface area contributed by atoms with Crippen molar-refractivity contribution in [2.75, 3.05) is 0 Å². The Morgan fingerprint density at radius 1 is 1.05 bits per heavy atom. The van der Waals surface area contributed by atoms with E-state index >= 15 is 0 Å². The van der Waals surface area contributed by atoms with Gasteiger partial charge in [-0.3, -0.25) is 4.79 Å². The highest BCUT2D eigenvalue weighted by molar-refractivity contribution is 5.74. The molecule has 0 aliphatic heterocycles. The van der Waals surface area contributed by atoms with E-state index in [1.54, 1.807) is 6.92 Å². The molecule has 0 aliphatic carbocycles. The summed E-state index contributed by atoms with van der Waals surface area (Å²) in [6.07, 6.45) is 0. The molecule has 3 nitrogen and oxygen atoms in total. The third kappa shape index (κ3) is 6.71. The fraction of sp³-hybridized carbons (Fsp3) is 0.235. The summed E-state index contributed by atoms with van der Waals surface area (Å²) >= 11 is 0. The number of hydrogen-bond acceptors (Lipinski definition) is 3. The standard InChI is InChI=1S/C10H13NO2.C7H8/c1-8(11)10(12)13-7-9-5-3-2-4-6-9;1-7-5-3-2-4-6-7/h2-6,8H,7,11H2,1H3;2-6H,1H3. The molecule has 20 heavy (non-hydrogen) atoms. The highest BCUT2D eigenvalue weighted by atomic mass is 16.5. The lowest BCUT2D eigenvalue weighted by Gasteiger charge is -2.06. The molecule has 0 radical (unpaired) electrons. The first kappa shape index (κ1) is 15.9. The van der Waals surface area contributed by atoms with Gasteiger partial charge in [-0.15, -0.1) is 0 Å². The molecule has 3 heteroatoms. The molecule has 0 aromatic heterocycles. The van der Waals surface area contributed by atoms with Crippen LogP contribution in [0, 0.1) is 6.92 Å². The van der Waals surface area contributed by atoms with E-state index in [1.807, 2.05) is 48.5 Å². The summed E-state index contributed by atoms with van der Waals surface area (Å²) in [6.45, 7) is 3.98. The Kier molecular flexibility index (Phi) is 7.07. The molecular weight excluding hydrogens is 250 g/mol. The zero-order chi connectivity index (χ0) is 14.8. The van der Waals surface area contributed by atoms with E-state index in [4.69, 9.17) is 10.5 Å². The monoisotopic (exact) mass is 271 g/mol. The van der Waals surface area contributed by atoms with Crippen molar-refractivity contribution in [1.29, 1.82) is 0 Å². The van der Waals surface area contributed by atoms with Crippen LogP contribution >= 0.6 is 0 Å². The number of nitrogens with two attached hydrogens (primary N) is 1. The number of aryl methyl sites for hydroxylation is 1. The minimum Gasteiger partial charge on any atom is -0.460 e. The molecule has 0 aliphatic rings. The van der Waals surface area contributed by atoms with Crippen LogP contribution in [-0.4, -0.2) is 12.0 Å². The molecule has 2 rings (SSSR count). The third-order valence-electron chi connectivity index (χ3n) is 2.54. The van der Waals surface area contributed by atoms with Crippen molar-refractivity contribution in [3.8, 4) is 0 Å². The lowest BCUT2D eigenvalue weighted by molar-refractivity contribution is -0.146. The van der Waals surface area contributed by atoms with Crippen molar-refractivity contribution >= 4 is 5.97 Å². The Morgan fingerprint density at radius 2 is 1.55 bits per heavy atom. The smallest absolute Gasteiger partial charge is 0.322 e. The maximum atomic E-state index is 11.0. The van der Waals surface area contributed by atoms with Crippen LogP contribution in [0.5, 0.6) is 0 Å². The van der Waals surface area contributed by atoms with Gasteiger partial charge < -0.3 is 10.5 Å². The van der Waals surface area contributed by atoms with Gasteiger partial charge in [-0.1, -0.05) is 66.2 Å². The molecule has 2 aromatic rings. The van der Waals surface area contributed by atoms with Gasteiger partial charge in [-0.2, -0.15) is 0 Å². The first-order valence-electron chi connectivity index (χ1n) is 6.57. The molecule has 0 fully saturated rings. The molecule has 0 amide bonds. The van der Waals surface area contributed by atoms with Crippen LogP contribution in [0.4, 0.5) is 0 Å². The van der Waals surface area contributed by atoms with Crippen LogP contribution in [0.15, 0.2) is 60.7 Å². The molecule has 1 atom stereocenters. The normalized spacial score (nSPS) is 10.9. The topological polar surface area (TPSA) is 52.3 Å². The highest BCUT2D eigenvalue weighted by Crippen LogP contribution is 2.00.